The van der Waals surface area contributed by atoms with Crippen molar-refractivity contribution in [2.75, 3.05) is 5.73 Å². The second-order valence-electron chi connectivity index (χ2n) is 4.09. The van der Waals surface area contributed by atoms with Crippen LogP contribution in [0.1, 0.15) is 36.0 Å². The van der Waals surface area contributed by atoms with Gasteiger partial charge in [0.25, 0.3) is 0 Å². The Labute approximate surface area is 99.5 Å². The highest BCUT2D eigenvalue weighted by molar-refractivity contribution is 6.31. The third kappa shape index (κ3) is 2.67. The van der Waals surface area contributed by atoms with E-state index < -0.39 is 0 Å². The molecule has 4 heteroatoms. The number of hydrogen-bond donors (Lipinski definition) is 1. The second kappa shape index (κ2) is 4.74. The Bertz CT molecular complexity index is 380. The number of esters is 1. The van der Waals surface area contributed by atoms with E-state index in [1.165, 1.54) is 0 Å². The summed E-state index contributed by atoms with van der Waals surface area (Å²) >= 11 is 5.82. The lowest BCUT2D eigenvalue weighted by atomic mass is 10.2. The van der Waals surface area contributed by atoms with E-state index in [1.807, 2.05) is 0 Å². The third-order valence-electron chi connectivity index (χ3n) is 2.73. The van der Waals surface area contributed by atoms with Gasteiger partial charge in [0.05, 0.1) is 5.56 Å². The van der Waals surface area contributed by atoms with Crippen LogP contribution in [-0.2, 0) is 4.74 Å². The Kier molecular flexibility index (Phi) is 3.34. The summed E-state index contributed by atoms with van der Waals surface area (Å²) < 4.78 is 5.35. The number of hydrogen-bond acceptors (Lipinski definition) is 3. The predicted molar refractivity (Wildman–Crippen MR) is 63.5 cm³/mol. The van der Waals surface area contributed by atoms with Gasteiger partial charge in [0.2, 0.25) is 0 Å². The van der Waals surface area contributed by atoms with Gasteiger partial charge >= 0.3 is 5.97 Å². The average molecular weight is 240 g/mol. The number of halogens is 1. The smallest absolute Gasteiger partial charge is 0.338 e. The zero-order chi connectivity index (χ0) is 11.5. The molecule has 86 valence electrons. The molecule has 0 spiro atoms. The maximum Gasteiger partial charge on any atom is 0.338 e. The lowest BCUT2D eigenvalue weighted by Gasteiger charge is -2.11. The van der Waals surface area contributed by atoms with Gasteiger partial charge in [-0.05, 0) is 43.9 Å². The van der Waals surface area contributed by atoms with Gasteiger partial charge < -0.3 is 10.5 Å². The molecule has 0 unspecified atom stereocenters. The first-order chi connectivity index (χ1) is 7.65. The first-order valence-corrected chi connectivity index (χ1v) is 5.80. The molecule has 2 N–H and O–H groups in total. The predicted octanol–water partition coefficient (Wildman–Crippen LogP) is 3.02. The van der Waals surface area contributed by atoms with Crippen molar-refractivity contribution in [3.05, 3.63) is 28.8 Å². The minimum atomic E-state index is -0.332. The number of nitrogen functional groups attached to an aromatic ring is 1. The molecule has 0 amide bonds. The maximum atomic E-state index is 11.8. The van der Waals surface area contributed by atoms with Crippen LogP contribution in [0.2, 0.25) is 5.02 Å². The summed E-state index contributed by atoms with van der Waals surface area (Å²) in [6.45, 7) is 0. The largest absolute Gasteiger partial charge is 0.459 e. The topological polar surface area (TPSA) is 52.3 Å². The SMILES string of the molecule is Nc1cc(Cl)cc(C(=O)OC2CCCC2)c1. The molecule has 1 saturated carbocycles. The van der Waals surface area contributed by atoms with Crippen LogP contribution in [0.25, 0.3) is 0 Å². The minimum absolute atomic E-state index is 0.0627. The minimum Gasteiger partial charge on any atom is -0.459 e. The van der Waals surface area contributed by atoms with E-state index in [2.05, 4.69) is 0 Å². The van der Waals surface area contributed by atoms with Crippen molar-refractivity contribution < 1.29 is 9.53 Å². The van der Waals surface area contributed by atoms with E-state index in [9.17, 15) is 4.79 Å². The Balaban J connectivity index is 2.07. The highest BCUT2D eigenvalue weighted by Crippen LogP contribution is 2.23. The van der Waals surface area contributed by atoms with Gasteiger partial charge in [0, 0.05) is 10.7 Å². The highest BCUT2D eigenvalue weighted by Gasteiger charge is 2.20. The summed E-state index contributed by atoms with van der Waals surface area (Å²) in [6.07, 6.45) is 4.25. The van der Waals surface area contributed by atoms with Crippen molar-refractivity contribution in [3.8, 4) is 0 Å². The molecule has 1 aromatic rings. The lowest BCUT2D eigenvalue weighted by Crippen LogP contribution is -2.14. The molecular formula is C12H14ClNO2. The van der Waals surface area contributed by atoms with Crippen LogP contribution in [-0.4, -0.2) is 12.1 Å². The molecule has 0 saturated heterocycles. The molecule has 1 fully saturated rings. The standard InChI is InChI=1S/C12H14ClNO2/c13-9-5-8(6-10(14)7-9)12(15)16-11-3-1-2-4-11/h5-7,11H,1-4,14H2. The zero-order valence-electron chi connectivity index (χ0n) is 8.91. The van der Waals surface area contributed by atoms with Crippen LogP contribution in [0.3, 0.4) is 0 Å². The second-order valence-corrected chi connectivity index (χ2v) is 4.52. The van der Waals surface area contributed by atoms with Gasteiger partial charge in [-0.2, -0.15) is 0 Å². The summed E-state index contributed by atoms with van der Waals surface area (Å²) in [5, 5.41) is 0.457. The lowest BCUT2D eigenvalue weighted by molar-refractivity contribution is 0.0318. The molecule has 0 aliphatic heterocycles. The summed E-state index contributed by atoms with van der Waals surface area (Å²) in [5.41, 5.74) is 6.52. The van der Waals surface area contributed by atoms with Crippen LogP contribution >= 0.6 is 11.6 Å². The van der Waals surface area contributed by atoms with Crippen LogP contribution < -0.4 is 5.73 Å². The van der Waals surface area contributed by atoms with Gasteiger partial charge in [0.1, 0.15) is 6.10 Å². The molecule has 0 atom stereocenters. The van der Waals surface area contributed by atoms with Gasteiger partial charge in [-0.3, -0.25) is 0 Å². The maximum absolute atomic E-state index is 11.8. The molecule has 1 aromatic carbocycles. The van der Waals surface area contributed by atoms with Gasteiger partial charge in [-0.15, -0.1) is 0 Å². The molecule has 0 bridgehead atoms. The van der Waals surface area contributed by atoms with Crippen molar-refractivity contribution in [2.24, 2.45) is 0 Å². The fourth-order valence-corrected chi connectivity index (χ4v) is 2.20. The Hall–Kier alpha value is -1.22. The Morgan fingerprint density at radius 2 is 2.00 bits per heavy atom. The van der Waals surface area contributed by atoms with Crippen molar-refractivity contribution in [3.63, 3.8) is 0 Å². The summed E-state index contributed by atoms with van der Waals surface area (Å²) in [6, 6.07) is 4.77. The molecule has 0 aromatic heterocycles. The summed E-state index contributed by atoms with van der Waals surface area (Å²) in [5.74, 6) is -0.332. The monoisotopic (exact) mass is 239 g/mol. The van der Waals surface area contributed by atoms with E-state index in [0.717, 1.165) is 25.7 Å². The molecule has 1 aliphatic carbocycles. The fraction of sp³-hybridized carbons (Fsp3) is 0.417. The molecule has 0 heterocycles. The van der Waals surface area contributed by atoms with Gasteiger partial charge in [-0.1, -0.05) is 11.6 Å². The van der Waals surface area contributed by atoms with E-state index in [4.69, 9.17) is 22.1 Å². The van der Waals surface area contributed by atoms with E-state index in [1.54, 1.807) is 18.2 Å². The molecular weight excluding hydrogens is 226 g/mol. The number of ether oxygens (including phenoxy) is 1. The first-order valence-electron chi connectivity index (χ1n) is 5.42. The van der Waals surface area contributed by atoms with E-state index >= 15 is 0 Å². The van der Waals surface area contributed by atoms with Gasteiger partial charge in [-0.25, -0.2) is 4.79 Å². The van der Waals surface area contributed by atoms with Crippen molar-refractivity contribution in [2.45, 2.75) is 31.8 Å². The number of carbonyl (C=O) groups excluding carboxylic acids is 1. The number of benzene rings is 1. The van der Waals surface area contributed by atoms with Crippen molar-refractivity contribution >= 4 is 23.3 Å². The van der Waals surface area contributed by atoms with E-state index in [0.29, 0.717) is 16.3 Å². The van der Waals surface area contributed by atoms with Crippen LogP contribution in [0.5, 0.6) is 0 Å². The number of carbonyl (C=O) groups is 1. The quantitative estimate of drug-likeness (QED) is 0.638. The van der Waals surface area contributed by atoms with E-state index in [-0.39, 0.29) is 12.1 Å². The van der Waals surface area contributed by atoms with Gasteiger partial charge in [0.15, 0.2) is 0 Å². The molecule has 2 rings (SSSR count). The summed E-state index contributed by atoms with van der Waals surface area (Å²) in [7, 11) is 0. The molecule has 3 nitrogen and oxygen atoms in total. The Morgan fingerprint density at radius 3 is 2.62 bits per heavy atom. The number of nitrogens with two attached hydrogens (primary N) is 1. The van der Waals surface area contributed by atoms with Crippen LogP contribution in [0.15, 0.2) is 18.2 Å². The third-order valence-corrected chi connectivity index (χ3v) is 2.95. The highest BCUT2D eigenvalue weighted by atomic mass is 35.5. The number of anilines is 1. The molecule has 16 heavy (non-hydrogen) atoms. The normalized spacial score (nSPS) is 16.3. The van der Waals surface area contributed by atoms with Crippen molar-refractivity contribution in [1.29, 1.82) is 0 Å². The fourth-order valence-electron chi connectivity index (χ4n) is 1.96. The zero-order valence-corrected chi connectivity index (χ0v) is 9.67. The van der Waals surface area contributed by atoms with Crippen LogP contribution in [0, 0.1) is 0 Å². The van der Waals surface area contributed by atoms with Crippen molar-refractivity contribution in [1.82, 2.24) is 0 Å². The summed E-state index contributed by atoms with van der Waals surface area (Å²) in [4.78, 5) is 11.8. The molecule has 0 radical (unpaired) electrons. The Morgan fingerprint density at radius 1 is 1.31 bits per heavy atom. The average Bonchev–Trinajstić information content (AvgIpc) is 2.68. The first kappa shape index (κ1) is 11.3. The van der Waals surface area contributed by atoms with Crippen LogP contribution in [0.4, 0.5) is 5.69 Å². The molecule has 1 aliphatic rings. The number of rotatable bonds is 2.